The molecule has 2 unspecified atom stereocenters. The van der Waals surface area contributed by atoms with Crippen molar-refractivity contribution in [2.45, 2.75) is 25.3 Å². The quantitative estimate of drug-likeness (QED) is 0.670. The van der Waals surface area contributed by atoms with Crippen LogP contribution in [0.25, 0.3) is 0 Å². The number of thiol groups is 1. The molecule has 0 bridgehead atoms. The predicted octanol–water partition coefficient (Wildman–Crippen LogP) is 3.14. The zero-order chi connectivity index (χ0) is 14.5. The molecule has 1 aromatic carbocycles. The summed E-state index contributed by atoms with van der Waals surface area (Å²) in [5.74, 6) is 0.511. The van der Waals surface area contributed by atoms with E-state index in [1.165, 1.54) is 0 Å². The van der Waals surface area contributed by atoms with Crippen LogP contribution in [-0.4, -0.2) is 29.4 Å². The molecule has 0 saturated carbocycles. The summed E-state index contributed by atoms with van der Waals surface area (Å²) in [5, 5.41) is 0.690. The lowest BCUT2D eigenvalue weighted by atomic mass is 9.87. The molecule has 0 N–H and O–H groups in total. The summed E-state index contributed by atoms with van der Waals surface area (Å²) in [6.45, 7) is 0.602. The highest BCUT2D eigenvalue weighted by atomic mass is 35.5. The number of amides is 1. The molecule has 0 aliphatic carbocycles. The second-order valence-electron chi connectivity index (χ2n) is 5.00. The van der Waals surface area contributed by atoms with E-state index in [1.54, 1.807) is 0 Å². The van der Waals surface area contributed by atoms with Crippen molar-refractivity contribution < 1.29 is 9.59 Å². The van der Waals surface area contributed by atoms with Gasteiger partial charge in [-0.05, 0) is 30.5 Å². The number of hydrogen-bond donors (Lipinski definition) is 1. The Hall–Kier alpha value is -1.00. The Bertz CT molecular complexity index is 477. The highest BCUT2D eigenvalue weighted by Gasteiger charge is 2.35. The summed E-state index contributed by atoms with van der Waals surface area (Å²) in [7, 11) is 0. The molecule has 108 valence electrons. The van der Waals surface area contributed by atoms with Gasteiger partial charge in [0.05, 0.1) is 6.04 Å². The van der Waals surface area contributed by atoms with Gasteiger partial charge in [0.2, 0.25) is 5.91 Å². The molecular weight excluding hydrogens is 294 g/mol. The maximum Gasteiger partial charge on any atom is 0.226 e. The van der Waals surface area contributed by atoms with Crippen molar-refractivity contribution in [3.63, 3.8) is 0 Å². The first-order valence-electron chi connectivity index (χ1n) is 6.77. The number of aldehydes is 1. The van der Waals surface area contributed by atoms with Crippen molar-refractivity contribution in [1.29, 1.82) is 0 Å². The fourth-order valence-corrected chi connectivity index (χ4v) is 3.11. The van der Waals surface area contributed by atoms with Crippen molar-refractivity contribution in [3.05, 3.63) is 34.9 Å². The molecule has 1 aliphatic heterocycles. The Kier molecular flexibility index (Phi) is 5.49. The number of carbonyl (C=O) groups is 2. The maximum absolute atomic E-state index is 12.5. The van der Waals surface area contributed by atoms with Crippen LogP contribution in [0.3, 0.4) is 0 Å². The van der Waals surface area contributed by atoms with Crippen molar-refractivity contribution in [2.24, 2.45) is 5.92 Å². The molecular formula is C15H18ClNO2S. The molecule has 5 heteroatoms. The second-order valence-corrected chi connectivity index (χ2v) is 5.88. The molecule has 3 nitrogen and oxygen atoms in total. The van der Waals surface area contributed by atoms with E-state index in [0.717, 1.165) is 24.7 Å². The van der Waals surface area contributed by atoms with Crippen molar-refractivity contribution in [1.82, 2.24) is 4.90 Å². The first-order chi connectivity index (χ1) is 9.67. The predicted molar refractivity (Wildman–Crippen MR) is 83.2 cm³/mol. The average molecular weight is 312 g/mol. The van der Waals surface area contributed by atoms with Gasteiger partial charge in [-0.15, -0.1) is 0 Å². The Morgan fingerprint density at radius 1 is 1.30 bits per heavy atom. The summed E-state index contributed by atoms with van der Waals surface area (Å²) < 4.78 is 0. The molecule has 1 aliphatic rings. The van der Waals surface area contributed by atoms with Crippen LogP contribution in [0.1, 0.15) is 30.9 Å². The van der Waals surface area contributed by atoms with Gasteiger partial charge < -0.3 is 9.69 Å². The smallest absolute Gasteiger partial charge is 0.226 e. The van der Waals surface area contributed by atoms with Gasteiger partial charge in [0.25, 0.3) is 0 Å². The number of rotatable bonds is 5. The normalized spacial score (nSPS) is 22.9. The van der Waals surface area contributed by atoms with Gasteiger partial charge in [-0.1, -0.05) is 23.7 Å². The fourth-order valence-electron chi connectivity index (χ4n) is 2.77. The topological polar surface area (TPSA) is 37.4 Å². The van der Waals surface area contributed by atoms with E-state index in [9.17, 15) is 9.59 Å². The number of carbonyl (C=O) groups excluding carboxylic acids is 2. The minimum Gasteiger partial charge on any atom is -0.335 e. The number of likely N-dealkylation sites (tertiary alicyclic amines) is 1. The number of hydrogen-bond acceptors (Lipinski definition) is 3. The second kappa shape index (κ2) is 7.14. The minimum atomic E-state index is -0.170. The van der Waals surface area contributed by atoms with Crippen LogP contribution in [0.5, 0.6) is 0 Å². The first kappa shape index (κ1) is 15.4. The summed E-state index contributed by atoms with van der Waals surface area (Å²) >= 11 is 10.1. The van der Waals surface area contributed by atoms with E-state index in [2.05, 4.69) is 12.6 Å². The average Bonchev–Trinajstić information content (AvgIpc) is 2.45. The highest BCUT2D eigenvalue weighted by molar-refractivity contribution is 7.80. The molecule has 1 aromatic rings. The Morgan fingerprint density at radius 3 is 2.60 bits per heavy atom. The van der Waals surface area contributed by atoms with Crippen LogP contribution in [0.15, 0.2) is 24.3 Å². The lowest BCUT2D eigenvalue weighted by molar-refractivity contribution is -0.142. The molecule has 2 atom stereocenters. The molecule has 1 fully saturated rings. The van der Waals surface area contributed by atoms with E-state index in [0.29, 0.717) is 23.7 Å². The first-order valence-corrected chi connectivity index (χ1v) is 7.79. The minimum absolute atomic E-state index is 0.0646. The van der Waals surface area contributed by atoms with E-state index in [1.807, 2.05) is 29.2 Å². The third-order valence-electron chi connectivity index (χ3n) is 3.77. The summed E-state index contributed by atoms with van der Waals surface area (Å²) in [5.41, 5.74) is 1.09. The van der Waals surface area contributed by atoms with Gasteiger partial charge in [-0.25, -0.2) is 0 Å². The molecule has 0 radical (unpaired) electrons. The van der Waals surface area contributed by atoms with Crippen molar-refractivity contribution in [3.8, 4) is 0 Å². The standard InChI is InChI=1S/C15H18ClNO2S/c16-13-4-1-11(2-5-13)14-6-3-12(7-9-18)15(19)17(14)8-10-20/h1-2,4-5,9,12,14,20H,3,6-8,10H2. The summed E-state index contributed by atoms with van der Waals surface area (Å²) in [4.78, 5) is 25.0. The zero-order valence-electron chi connectivity index (χ0n) is 11.2. The maximum atomic E-state index is 12.5. The van der Waals surface area contributed by atoms with Crippen LogP contribution < -0.4 is 0 Å². The lowest BCUT2D eigenvalue weighted by Crippen LogP contribution is -2.44. The number of nitrogens with zero attached hydrogens (tertiary/aromatic N) is 1. The number of benzene rings is 1. The molecule has 0 spiro atoms. The molecule has 2 rings (SSSR count). The van der Waals surface area contributed by atoms with E-state index in [4.69, 9.17) is 11.6 Å². The fraction of sp³-hybridized carbons (Fsp3) is 0.467. The number of piperidine rings is 1. The Labute approximate surface area is 129 Å². The van der Waals surface area contributed by atoms with E-state index < -0.39 is 0 Å². The molecule has 1 amide bonds. The van der Waals surface area contributed by atoms with Crippen LogP contribution in [0.4, 0.5) is 0 Å². The van der Waals surface area contributed by atoms with Crippen LogP contribution in [0.2, 0.25) is 5.02 Å². The van der Waals surface area contributed by atoms with Crippen LogP contribution in [-0.2, 0) is 9.59 Å². The SMILES string of the molecule is O=CCC1CCC(c2ccc(Cl)cc2)N(CCS)C1=O. The third-order valence-corrected chi connectivity index (χ3v) is 4.23. The summed E-state index contributed by atoms with van der Waals surface area (Å²) in [6, 6.07) is 7.68. The monoisotopic (exact) mass is 311 g/mol. The Morgan fingerprint density at radius 2 is 2.00 bits per heavy atom. The van der Waals surface area contributed by atoms with E-state index >= 15 is 0 Å². The van der Waals surface area contributed by atoms with Gasteiger partial charge in [0.15, 0.2) is 0 Å². The van der Waals surface area contributed by atoms with Gasteiger partial charge >= 0.3 is 0 Å². The van der Waals surface area contributed by atoms with Gasteiger partial charge in [0.1, 0.15) is 6.29 Å². The van der Waals surface area contributed by atoms with Crippen molar-refractivity contribution >= 4 is 36.4 Å². The van der Waals surface area contributed by atoms with Crippen molar-refractivity contribution in [2.75, 3.05) is 12.3 Å². The molecule has 1 saturated heterocycles. The van der Waals surface area contributed by atoms with Crippen LogP contribution >= 0.6 is 24.2 Å². The molecule has 1 heterocycles. The zero-order valence-corrected chi connectivity index (χ0v) is 12.8. The number of halogens is 1. The lowest BCUT2D eigenvalue weighted by Gasteiger charge is -2.39. The third kappa shape index (κ3) is 3.36. The van der Waals surface area contributed by atoms with Gasteiger partial charge in [-0.2, -0.15) is 12.6 Å². The van der Waals surface area contributed by atoms with Crippen LogP contribution in [0, 0.1) is 5.92 Å². The Balaban J connectivity index is 2.21. The van der Waals surface area contributed by atoms with E-state index in [-0.39, 0.29) is 17.9 Å². The van der Waals surface area contributed by atoms with Gasteiger partial charge in [0, 0.05) is 29.7 Å². The molecule has 0 aromatic heterocycles. The highest BCUT2D eigenvalue weighted by Crippen LogP contribution is 2.35. The largest absolute Gasteiger partial charge is 0.335 e. The molecule has 20 heavy (non-hydrogen) atoms. The van der Waals surface area contributed by atoms with Gasteiger partial charge in [-0.3, -0.25) is 4.79 Å². The summed E-state index contributed by atoms with van der Waals surface area (Å²) in [6.07, 6.45) is 2.78.